The van der Waals surface area contributed by atoms with Gasteiger partial charge in [-0.15, -0.1) is 0 Å². The van der Waals surface area contributed by atoms with E-state index in [4.69, 9.17) is 14.3 Å². The minimum atomic E-state index is -0.360. The van der Waals surface area contributed by atoms with Gasteiger partial charge in [0.05, 0.1) is 0 Å². The number of aliphatic hydroxyl groups is 1. The van der Waals surface area contributed by atoms with Gasteiger partial charge in [0.25, 0.3) is 0 Å². The number of ether oxygens (including phenoxy) is 1. The minimum Gasteiger partial charge on any atom is -0.483 e. The highest BCUT2D eigenvalue weighted by atomic mass is 19.1. The second-order valence-electron chi connectivity index (χ2n) is 3.70. The quantitative estimate of drug-likeness (QED) is 0.887. The second kappa shape index (κ2) is 5.01. The number of aliphatic hydroxyl groups excluding tert-OH is 1. The van der Waals surface area contributed by atoms with E-state index < -0.39 is 0 Å². The van der Waals surface area contributed by atoms with Gasteiger partial charge in [-0.05, 0) is 30.7 Å². The number of rotatable bonds is 4. The zero-order valence-electron chi connectivity index (χ0n) is 9.44. The lowest BCUT2D eigenvalue weighted by Gasteiger charge is -2.06. The molecular weight excluding hydrogens is 223 g/mol. The third-order valence-corrected chi connectivity index (χ3v) is 2.40. The summed E-state index contributed by atoms with van der Waals surface area (Å²) in [5.74, 6) is 0.858. The van der Waals surface area contributed by atoms with Crippen LogP contribution in [0.5, 0.6) is 5.75 Å². The first-order chi connectivity index (χ1) is 8.20. The summed E-state index contributed by atoms with van der Waals surface area (Å²) in [6, 6.07) is 8.33. The molecule has 0 bridgehead atoms. The molecule has 0 fully saturated rings. The first-order valence-corrected chi connectivity index (χ1v) is 5.27. The molecular formula is C13H13FO3. The fourth-order valence-electron chi connectivity index (χ4n) is 1.47. The monoisotopic (exact) mass is 236 g/mol. The molecule has 17 heavy (non-hydrogen) atoms. The summed E-state index contributed by atoms with van der Waals surface area (Å²) in [6.45, 7) is 1.66. The normalized spacial score (nSPS) is 10.5. The molecule has 0 radical (unpaired) electrons. The Labute approximate surface area is 98.5 Å². The zero-order valence-corrected chi connectivity index (χ0v) is 9.44. The van der Waals surface area contributed by atoms with Gasteiger partial charge in [0.15, 0.2) is 11.6 Å². The summed E-state index contributed by atoms with van der Waals surface area (Å²) in [4.78, 5) is 0. The number of benzene rings is 1. The van der Waals surface area contributed by atoms with E-state index in [0.717, 1.165) is 0 Å². The number of hydrogen-bond acceptors (Lipinski definition) is 3. The number of hydrogen-bond donors (Lipinski definition) is 1. The largest absolute Gasteiger partial charge is 0.483 e. The van der Waals surface area contributed by atoms with Crippen LogP contribution in [0.2, 0.25) is 0 Å². The van der Waals surface area contributed by atoms with E-state index in [0.29, 0.717) is 17.1 Å². The maximum Gasteiger partial charge on any atom is 0.167 e. The van der Waals surface area contributed by atoms with Crippen molar-refractivity contribution < 1.29 is 18.7 Å². The Kier molecular flexibility index (Phi) is 3.44. The van der Waals surface area contributed by atoms with Crippen molar-refractivity contribution in [3.8, 4) is 5.75 Å². The van der Waals surface area contributed by atoms with Crippen LogP contribution in [-0.2, 0) is 13.2 Å². The number of furan rings is 1. The average Bonchev–Trinajstić information content (AvgIpc) is 2.79. The SMILES string of the molecule is Cc1cccc(OCc2ccc(CO)o2)c1F. The van der Waals surface area contributed by atoms with Crippen molar-refractivity contribution in [2.45, 2.75) is 20.1 Å². The number of halogens is 1. The van der Waals surface area contributed by atoms with Crippen LogP contribution < -0.4 is 4.74 Å². The molecule has 90 valence electrons. The summed E-state index contributed by atoms with van der Waals surface area (Å²) in [7, 11) is 0. The van der Waals surface area contributed by atoms with E-state index in [9.17, 15) is 4.39 Å². The molecule has 0 unspecified atom stereocenters. The molecule has 0 aliphatic heterocycles. The fourth-order valence-corrected chi connectivity index (χ4v) is 1.47. The Morgan fingerprint density at radius 2 is 2.00 bits per heavy atom. The van der Waals surface area contributed by atoms with E-state index in [1.54, 1.807) is 37.3 Å². The van der Waals surface area contributed by atoms with Gasteiger partial charge in [0.1, 0.15) is 24.7 Å². The summed E-state index contributed by atoms with van der Waals surface area (Å²) < 4.78 is 24.1. The Bertz CT molecular complexity index is 505. The highest BCUT2D eigenvalue weighted by Crippen LogP contribution is 2.21. The highest BCUT2D eigenvalue weighted by molar-refractivity contribution is 5.30. The molecule has 0 aliphatic rings. The van der Waals surface area contributed by atoms with Gasteiger partial charge in [0.2, 0.25) is 0 Å². The molecule has 0 atom stereocenters. The molecule has 0 amide bonds. The molecule has 2 aromatic rings. The Morgan fingerprint density at radius 1 is 1.24 bits per heavy atom. The van der Waals surface area contributed by atoms with Gasteiger partial charge in [0, 0.05) is 0 Å². The van der Waals surface area contributed by atoms with Crippen LogP contribution in [0.15, 0.2) is 34.7 Å². The zero-order chi connectivity index (χ0) is 12.3. The van der Waals surface area contributed by atoms with Crippen LogP contribution in [0.3, 0.4) is 0 Å². The predicted octanol–water partition coefficient (Wildman–Crippen LogP) is 2.80. The topological polar surface area (TPSA) is 42.6 Å². The van der Waals surface area contributed by atoms with E-state index in [2.05, 4.69) is 0 Å². The average molecular weight is 236 g/mol. The molecule has 1 N–H and O–H groups in total. The molecule has 0 aliphatic carbocycles. The van der Waals surface area contributed by atoms with Gasteiger partial charge >= 0.3 is 0 Å². The Hall–Kier alpha value is -1.81. The van der Waals surface area contributed by atoms with Crippen LogP contribution in [0.1, 0.15) is 17.1 Å². The van der Waals surface area contributed by atoms with Crippen molar-refractivity contribution >= 4 is 0 Å². The van der Waals surface area contributed by atoms with Crippen LogP contribution in [0, 0.1) is 12.7 Å². The maximum absolute atomic E-state index is 13.6. The molecule has 1 aromatic heterocycles. The fraction of sp³-hybridized carbons (Fsp3) is 0.231. The van der Waals surface area contributed by atoms with E-state index in [1.165, 1.54) is 0 Å². The minimum absolute atomic E-state index is 0.139. The lowest BCUT2D eigenvalue weighted by atomic mass is 10.2. The predicted molar refractivity (Wildman–Crippen MR) is 60.1 cm³/mol. The summed E-state index contributed by atoms with van der Waals surface area (Å²) in [5.41, 5.74) is 0.540. The highest BCUT2D eigenvalue weighted by Gasteiger charge is 2.07. The third-order valence-electron chi connectivity index (χ3n) is 2.40. The van der Waals surface area contributed by atoms with E-state index in [-0.39, 0.29) is 24.8 Å². The van der Waals surface area contributed by atoms with Crippen LogP contribution in [-0.4, -0.2) is 5.11 Å². The van der Waals surface area contributed by atoms with Gasteiger partial charge in [-0.1, -0.05) is 12.1 Å². The first kappa shape index (κ1) is 11.7. The van der Waals surface area contributed by atoms with Crippen LogP contribution in [0.4, 0.5) is 4.39 Å². The number of aryl methyl sites for hydroxylation is 1. The lowest BCUT2D eigenvalue weighted by Crippen LogP contribution is -1.97. The Morgan fingerprint density at radius 3 is 2.71 bits per heavy atom. The molecule has 0 saturated heterocycles. The summed E-state index contributed by atoms with van der Waals surface area (Å²) in [6.07, 6.45) is 0. The van der Waals surface area contributed by atoms with Gasteiger partial charge in [-0.25, -0.2) is 4.39 Å². The standard InChI is InChI=1S/C13H13FO3/c1-9-3-2-4-12(13(9)14)16-8-11-6-5-10(7-15)17-11/h2-6,15H,7-8H2,1H3. The molecule has 0 saturated carbocycles. The van der Waals surface area contributed by atoms with Gasteiger partial charge < -0.3 is 14.3 Å². The molecule has 3 nitrogen and oxygen atoms in total. The smallest absolute Gasteiger partial charge is 0.167 e. The van der Waals surface area contributed by atoms with Crippen molar-refractivity contribution in [1.29, 1.82) is 0 Å². The summed E-state index contributed by atoms with van der Waals surface area (Å²) >= 11 is 0. The van der Waals surface area contributed by atoms with Crippen molar-refractivity contribution in [3.63, 3.8) is 0 Å². The first-order valence-electron chi connectivity index (χ1n) is 5.27. The molecule has 4 heteroatoms. The van der Waals surface area contributed by atoms with Crippen molar-refractivity contribution in [3.05, 3.63) is 53.2 Å². The molecule has 0 spiro atoms. The molecule has 2 rings (SSSR count). The van der Waals surface area contributed by atoms with E-state index >= 15 is 0 Å². The second-order valence-corrected chi connectivity index (χ2v) is 3.70. The Balaban J connectivity index is 2.04. The lowest BCUT2D eigenvalue weighted by molar-refractivity contribution is 0.221. The van der Waals surface area contributed by atoms with Crippen LogP contribution in [0.25, 0.3) is 0 Å². The van der Waals surface area contributed by atoms with Crippen molar-refractivity contribution in [1.82, 2.24) is 0 Å². The van der Waals surface area contributed by atoms with Gasteiger partial charge in [-0.2, -0.15) is 0 Å². The molecule has 1 aromatic carbocycles. The third kappa shape index (κ3) is 2.65. The van der Waals surface area contributed by atoms with E-state index in [1.807, 2.05) is 0 Å². The van der Waals surface area contributed by atoms with Crippen molar-refractivity contribution in [2.75, 3.05) is 0 Å². The maximum atomic E-state index is 13.6. The van der Waals surface area contributed by atoms with Crippen molar-refractivity contribution in [2.24, 2.45) is 0 Å². The molecule has 1 heterocycles. The summed E-state index contributed by atoms with van der Waals surface area (Å²) in [5, 5.41) is 8.82. The van der Waals surface area contributed by atoms with Crippen LogP contribution >= 0.6 is 0 Å². The van der Waals surface area contributed by atoms with Gasteiger partial charge in [-0.3, -0.25) is 0 Å².